The highest BCUT2D eigenvalue weighted by Crippen LogP contribution is 2.40. The smallest absolute Gasteiger partial charge is 0.0391 e. The third kappa shape index (κ3) is 2.93. The van der Waals surface area contributed by atoms with Crippen molar-refractivity contribution in [3.8, 4) is 0 Å². The van der Waals surface area contributed by atoms with Gasteiger partial charge in [0.05, 0.1) is 0 Å². The molecule has 1 heteroatoms. The van der Waals surface area contributed by atoms with Crippen LogP contribution in [0.25, 0.3) is 63.3 Å². The van der Waals surface area contributed by atoms with E-state index in [9.17, 15) is 0 Å². The van der Waals surface area contributed by atoms with Crippen LogP contribution in [0, 0.1) is 0 Å². The van der Waals surface area contributed by atoms with Crippen molar-refractivity contribution in [3.63, 3.8) is 0 Å². The molecule has 0 nitrogen and oxygen atoms in total. The van der Waals surface area contributed by atoms with Crippen LogP contribution in [0.3, 0.4) is 0 Å². The second kappa shape index (κ2) is 7.65. The Balaban J connectivity index is 1.27. The lowest BCUT2D eigenvalue weighted by Crippen LogP contribution is -1.89. The Labute approximate surface area is 213 Å². The Kier molecular flexibility index (Phi) is 4.26. The summed E-state index contributed by atoms with van der Waals surface area (Å²) in [6.07, 6.45) is 0.938. The maximum atomic E-state index is 2.38. The molecule has 0 aliphatic carbocycles. The molecule has 0 saturated carbocycles. The number of hydrogen-bond acceptors (Lipinski definition) is 1. The zero-order valence-electron chi connectivity index (χ0n) is 19.7. The van der Waals surface area contributed by atoms with E-state index < -0.39 is 0 Å². The van der Waals surface area contributed by atoms with E-state index in [-0.39, 0.29) is 0 Å². The Morgan fingerprint density at radius 2 is 1.08 bits per heavy atom. The van der Waals surface area contributed by atoms with Crippen molar-refractivity contribution in [2.45, 2.75) is 6.42 Å². The maximum Gasteiger partial charge on any atom is 0.0391 e. The fraction of sp³-hybridized carbons (Fsp3) is 0.0286. The SMILES string of the molecule is c1ccc2c(c1)ccc1c3ccc(Cc4cccc5c4sc4ccc6ccccc6c45)cc3ccc21. The topological polar surface area (TPSA) is 0 Å². The van der Waals surface area contributed by atoms with Crippen LogP contribution in [0.2, 0.25) is 0 Å². The molecule has 0 atom stereocenters. The average Bonchev–Trinajstić information content (AvgIpc) is 3.33. The van der Waals surface area contributed by atoms with Crippen molar-refractivity contribution < 1.29 is 0 Å². The van der Waals surface area contributed by atoms with Crippen LogP contribution >= 0.6 is 11.3 Å². The zero-order valence-corrected chi connectivity index (χ0v) is 20.5. The van der Waals surface area contributed by atoms with E-state index in [1.54, 1.807) is 0 Å². The van der Waals surface area contributed by atoms with Gasteiger partial charge < -0.3 is 0 Å². The molecule has 7 aromatic carbocycles. The Morgan fingerprint density at radius 1 is 0.444 bits per heavy atom. The first-order valence-corrected chi connectivity index (χ1v) is 13.3. The minimum atomic E-state index is 0.938. The lowest BCUT2D eigenvalue weighted by atomic mass is 9.94. The molecule has 0 radical (unpaired) electrons. The van der Waals surface area contributed by atoms with Gasteiger partial charge in [-0.2, -0.15) is 0 Å². The van der Waals surface area contributed by atoms with Crippen molar-refractivity contribution in [2.24, 2.45) is 0 Å². The van der Waals surface area contributed by atoms with Crippen LogP contribution < -0.4 is 0 Å². The molecule has 0 aliphatic rings. The molecule has 0 aliphatic heterocycles. The summed E-state index contributed by atoms with van der Waals surface area (Å²) in [5.74, 6) is 0. The molecule has 168 valence electrons. The van der Waals surface area contributed by atoms with E-state index in [2.05, 4.69) is 121 Å². The number of thiophene rings is 1. The fourth-order valence-corrected chi connectivity index (χ4v) is 7.20. The first-order chi connectivity index (χ1) is 17.8. The van der Waals surface area contributed by atoms with Gasteiger partial charge in [-0.05, 0) is 66.7 Å². The van der Waals surface area contributed by atoms with E-state index >= 15 is 0 Å². The highest BCUT2D eigenvalue weighted by Gasteiger charge is 2.12. The van der Waals surface area contributed by atoms with Gasteiger partial charge in [0.25, 0.3) is 0 Å². The van der Waals surface area contributed by atoms with E-state index in [4.69, 9.17) is 0 Å². The Hall–Kier alpha value is -4.20. The van der Waals surface area contributed by atoms with Gasteiger partial charge in [-0.1, -0.05) is 115 Å². The molecule has 0 unspecified atom stereocenters. The maximum absolute atomic E-state index is 2.38. The van der Waals surface area contributed by atoms with Crippen LogP contribution in [-0.4, -0.2) is 0 Å². The summed E-state index contributed by atoms with van der Waals surface area (Å²) < 4.78 is 2.78. The zero-order chi connectivity index (χ0) is 23.6. The van der Waals surface area contributed by atoms with Gasteiger partial charge in [0.2, 0.25) is 0 Å². The van der Waals surface area contributed by atoms with Crippen LogP contribution in [0.1, 0.15) is 11.1 Å². The van der Waals surface area contributed by atoms with Gasteiger partial charge in [-0.3, -0.25) is 0 Å². The van der Waals surface area contributed by atoms with Gasteiger partial charge >= 0.3 is 0 Å². The summed E-state index contributed by atoms with van der Waals surface area (Å²) >= 11 is 1.93. The molecule has 0 saturated heterocycles. The van der Waals surface area contributed by atoms with Crippen LogP contribution in [-0.2, 0) is 6.42 Å². The molecular formula is C35H22S. The summed E-state index contributed by atoms with van der Waals surface area (Å²) in [6.45, 7) is 0. The number of fused-ring (bicyclic) bond motifs is 10. The standard InChI is InChI=1S/C35H22S/c1-3-9-27-23(6-1)13-17-31-28-16-12-22(20-25(28)14-18-30(27)31)21-26-8-5-11-32-34-29-10-4-2-7-24(29)15-19-33(34)36-35(26)32/h1-20H,21H2. The van der Waals surface area contributed by atoms with E-state index in [0.717, 1.165) is 6.42 Å². The third-order valence-corrected chi connectivity index (χ3v) is 8.92. The molecule has 0 spiro atoms. The second-order valence-corrected chi connectivity index (χ2v) is 10.8. The number of benzene rings is 7. The molecule has 0 amide bonds. The lowest BCUT2D eigenvalue weighted by Gasteiger charge is -2.10. The largest absolute Gasteiger partial charge is 0.135 e. The molecule has 1 aromatic heterocycles. The monoisotopic (exact) mass is 474 g/mol. The lowest BCUT2D eigenvalue weighted by molar-refractivity contribution is 1.23. The van der Waals surface area contributed by atoms with Crippen LogP contribution in [0.15, 0.2) is 121 Å². The minimum Gasteiger partial charge on any atom is -0.135 e. The second-order valence-electron chi connectivity index (χ2n) is 9.74. The minimum absolute atomic E-state index is 0.938. The number of rotatable bonds is 2. The first kappa shape index (κ1) is 20.0. The molecule has 0 bridgehead atoms. The van der Waals surface area contributed by atoms with Crippen LogP contribution in [0.5, 0.6) is 0 Å². The summed E-state index contributed by atoms with van der Waals surface area (Å²) in [5, 5.41) is 13.4. The average molecular weight is 475 g/mol. The van der Waals surface area contributed by atoms with Gasteiger partial charge in [0.15, 0.2) is 0 Å². The predicted molar refractivity (Wildman–Crippen MR) is 159 cm³/mol. The third-order valence-electron chi connectivity index (χ3n) is 7.67. The molecule has 1 heterocycles. The van der Waals surface area contributed by atoms with Gasteiger partial charge in [-0.25, -0.2) is 0 Å². The molecule has 36 heavy (non-hydrogen) atoms. The Bertz CT molecular complexity index is 2130. The summed E-state index contributed by atoms with van der Waals surface area (Å²) in [5.41, 5.74) is 2.77. The normalized spacial score (nSPS) is 12.0. The molecule has 0 N–H and O–H groups in total. The Morgan fingerprint density at radius 3 is 1.94 bits per heavy atom. The quantitative estimate of drug-likeness (QED) is 0.219. The van der Waals surface area contributed by atoms with E-state index in [1.165, 1.54) is 74.4 Å². The number of hydrogen-bond donors (Lipinski definition) is 0. The fourth-order valence-electron chi connectivity index (χ4n) is 5.97. The van der Waals surface area contributed by atoms with Crippen molar-refractivity contribution in [1.82, 2.24) is 0 Å². The summed E-state index contributed by atoms with van der Waals surface area (Å²) in [6, 6.07) is 44.9. The van der Waals surface area contributed by atoms with Crippen molar-refractivity contribution in [1.29, 1.82) is 0 Å². The van der Waals surface area contributed by atoms with E-state index in [0.29, 0.717) is 0 Å². The summed E-state index contributed by atoms with van der Waals surface area (Å²) in [4.78, 5) is 0. The van der Waals surface area contributed by atoms with Crippen molar-refractivity contribution in [2.75, 3.05) is 0 Å². The molecule has 8 aromatic rings. The predicted octanol–water partition coefficient (Wildman–Crippen LogP) is 10.3. The van der Waals surface area contributed by atoms with Crippen LogP contribution in [0.4, 0.5) is 0 Å². The molecule has 0 fully saturated rings. The van der Waals surface area contributed by atoms with Crippen molar-refractivity contribution in [3.05, 3.63) is 132 Å². The van der Waals surface area contributed by atoms with E-state index in [1.807, 2.05) is 11.3 Å². The highest BCUT2D eigenvalue weighted by molar-refractivity contribution is 7.26. The first-order valence-electron chi connectivity index (χ1n) is 12.5. The van der Waals surface area contributed by atoms with Crippen molar-refractivity contribution >= 4 is 74.6 Å². The van der Waals surface area contributed by atoms with Gasteiger partial charge in [0.1, 0.15) is 0 Å². The molecule has 8 rings (SSSR count). The molecular weight excluding hydrogens is 452 g/mol. The highest BCUT2D eigenvalue weighted by atomic mass is 32.1. The van der Waals surface area contributed by atoms with Gasteiger partial charge in [0, 0.05) is 20.2 Å². The summed E-state index contributed by atoms with van der Waals surface area (Å²) in [7, 11) is 0. The van der Waals surface area contributed by atoms with Gasteiger partial charge in [-0.15, -0.1) is 11.3 Å².